The van der Waals surface area contributed by atoms with Crippen molar-refractivity contribution in [3.8, 4) is 6.07 Å². The van der Waals surface area contributed by atoms with Crippen LogP contribution in [0, 0.1) is 11.3 Å². The van der Waals surface area contributed by atoms with Crippen molar-refractivity contribution in [3.63, 3.8) is 0 Å². The third kappa shape index (κ3) is 3.62. The maximum absolute atomic E-state index is 11.9. The van der Waals surface area contributed by atoms with Crippen LogP contribution in [-0.4, -0.2) is 24.7 Å². The molecule has 0 saturated carbocycles. The van der Waals surface area contributed by atoms with Crippen molar-refractivity contribution in [1.29, 1.82) is 5.26 Å². The Balaban J connectivity index is 2.37. The third-order valence-corrected chi connectivity index (χ3v) is 4.53. The molecule has 5 nitrogen and oxygen atoms in total. The molecule has 22 heavy (non-hydrogen) atoms. The molecule has 0 saturated heterocycles. The van der Waals surface area contributed by atoms with E-state index in [1.807, 2.05) is 6.07 Å². The first kappa shape index (κ1) is 16.4. The number of amides is 1. The minimum absolute atomic E-state index is 0.0204. The summed E-state index contributed by atoms with van der Waals surface area (Å²) in [7, 11) is 1.29. The monoisotopic (exact) mass is 336 g/mol. The first-order chi connectivity index (χ1) is 10.6. The summed E-state index contributed by atoms with van der Waals surface area (Å²) in [5.41, 5.74) is 1.13. The lowest BCUT2D eigenvalue weighted by Gasteiger charge is -2.25. The van der Waals surface area contributed by atoms with E-state index in [9.17, 15) is 14.9 Å². The van der Waals surface area contributed by atoms with Gasteiger partial charge >= 0.3 is 5.97 Å². The summed E-state index contributed by atoms with van der Waals surface area (Å²) >= 11 is 7.26. The summed E-state index contributed by atoms with van der Waals surface area (Å²) in [5.74, 6) is -1.03. The van der Waals surface area contributed by atoms with Crippen molar-refractivity contribution < 1.29 is 14.3 Å². The number of hydrogen-bond donors (Lipinski definition) is 1. The third-order valence-electron chi connectivity index (χ3n) is 3.20. The predicted octanol–water partition coefficient (Wildman–Crippen LogP) is 2.58. The molecule has 1 amide bonds. The Hall–Kier alpha value is -1.97. The molecule has 0 radical (unpaired) electrons. The van der Waals surface area contributed by atoms with Crippen molar-refractivity contribution in [2.75, 3.05) is 12.9 Å². The Morgan fingerprint density at radius 3 is 2.91 bits per heavy atom. The Morgan fingerprint density at radius 2 is 2.27 bits per heavy atom. The van der Waals surface area contributed by atoms with Crippen LogP contribution in [0.5, 0.6) is 0 Å². The number of carbonyl (C=O) groups is 2. The number of hydrogen-bond acceptors (Lipinski definition) is 5. The zero-order chi connectivity index (χ0) is 16.1. The summed E-state index contributed by atoms with van der Waals surface area (Å²) in [6.07, 6.45) is 0.148. The lowest BCUT2D eigenvalue weighted by molar-refractivity contribution is -0.137. The van der Waals surface area contributed by atoms with Gasteiger partial charge in [-0.05, 0) is 11.6 Å². The summed E-state index contributed by atoms with van der Waals surface area (Å²) in [6, 6.07) is 9.24. The van der Waals surface area contributed by atoms with Crippen molar-refractivity contribution in [2.45, 2.75) is 12.3 Å². The number of halogens is 1. The van der Waals surface area contributed by atoms with Gasteiger partial charge in [-0.25, -0.2) is 0 Å². The number of carbonyl (C=O) groups excluding carboxylic acids is 2. The zero-order valence-electron chi connectivity index (χ0n) is 11.8. The molecular formula is C15H13ClN2O3S. The number of nitrogens with zero attached hydrogens (tertiary/aromatic N) is 1. The van der Waals surface area contributed by atoms with Crippen LogP contribution in [0.4, 0.5) is 0 Å². The summed E-state index contributed by atoms with van der Waals surface area (Å²) < 4.78 is 4.57. The molecule has 1 N–H and O–H groups in total. The van der Waals surface area contributed by atoms with Crippen LogP contribution < -0.4 is 5.32 Å². The summed E-state index contributed by atoms with van der Waals surface area (Å²) in [6.45, 7) is 0. The number of rotatable bonds is 4. The largest absolute Gasteiger partial charge is 0.468 e. The van der Waals surface area contributed by atoms with E-state index in [0.717, 1.165) is 17.3 Å². The van der Waals surface area contributed by atoms with Gasteiger partial charge in [0, 0.05) is 17.4 Å². The second kappa shape index (κ2) is 7.34. The minimum atomic E-state index is -0.427. The van der Waals surface area contributed by atoms with Gasteiger partial charge in [0.1, 0.15) is 0 Å². The van der Waals surface area contributed by atoms with E-state index in [1.54, 1.807) is 18.2 Å². The van der Waals surface area contributed by atoms with Gasteiger partial charge in [0.2, 0.25) is 5.91 Å². The Bertz CT molecular complexity index is 682. The van der Waals surface area contributed by atoms with Crippen molar-refractivity contribution in [2.24, 2.45) is 0 Å². The van der Waals surface area contributed by atoms with Gasteiger partial charge in [-0.15, -0.1) is 0 Å². The second-order valence-electron chi connectivity index (χ2n) is 4.55. The van der Waals surface area contributed by atoms with Crippen LogP contribution >= 0.6 is 23.4 Å². The Morgan fingerprint density at radius 1 is 1.55 bits per heavy atom. The summed E-state index contributed by atoms with van der Waals surface area (Å²) in [5, 5.41) is 13.0. The fourth-order valence-electron chi connectivity index (χ4n) is 2.15. The van der Waals surface area contributed by atoms with Gasteiger partial charge in [0.25, 0.3) is 0 Å². The molecule has 1 unspecified atom stereocenters. The molecule has 0 aromatic heterocycles. The van der Waals surface area contributed by atoms with Crippen LogP contribution in [0.1, 0.15) is 17.9 Å². The highest BCUT2D eigenvalue weighted by atomic mass is 35.5. The number of benzene rings is 1. The number of nitriles is 1. The predicted molar refractivity (Wildman–Crippen MR) is 84.1 cm³/mol. The van der Waals surface area contributed by atoms with Crippen LogP contribution in [0.15, 0.2) is 34.9 Å². The molecule has 0 fully saturated rings. The van der Waals surface area contributed by atoms with Crippen molar-refractivity contribution >= 4 is 35.2 Å². The number of methoxy groups -OCH3 is 1. The number of esters is 1. The fraction of sp³-hybridized carbons (Fsp3) is 0.267. The molecule has 1 aliphatic rings. The van der Waals surface area contributed by atoms with E-state index in [2.05, 4.69) is 16.1 Å². The van der Waals surface area contributed by atoms with Gasteiger partial charge in [-0.2, -0.15) is 5.26 Å². The minimum Gasteiger partial charge on any atom is -0.468 e. The van der Waals surface area contributed by atoms with Crippen LogP contribution in [0.3, 0.4) is 0 Å². The first-order valence-corrected chi connectivity index (χ1v) is 7.81. The van der Waals surface area contributed by atoms with Gasteiger partial charge in [-0.3, -0.25) is 9.59 Å². The topological polar surface area (TPSA) is 79.2 Å². The summed E-state index contributed by atoms with van der Waals surface area (Å²) in [4.78, 5) is 23.2. The van der Waals surface area contributed by atoms with E-state index >= 15 is 0 Å². The molecule has 7 heteroatoms. The molecule has 1 aromatic rings. The highest BCUT2D eigenvalue weighted by Crippen LogP contribution is 2.38. The maximum atomic E-state index is 11.9. The van der Waals surface area contributed by atoms with Crippen LogP contribution in [0.2, 0.25) is 5.02 Å². The van der Waals surface area contributed by atoms with Gasteiger partial charge in [0.15, 0.2) is 0 Å². The molecule has 2 rings (SSSR count). The lowest BCUT2D eigenvalue weighted by Crippen LogP contribution is -2.31. The normalized spacial score (nSPS) is 17.7. The molecular weight excluding hydrogens is 324 g/mol. The standard InChI is InChI=1S/C15H13ClN2O3S/c1-21-14(20)8-22-15-11(7-17)10(6-13(19)18-15)9-4-2-3-5-12(9)16/h2-5,10H,6,8H2,1H3,(H,18,19). The Kier molecular flexibility index (Phi) is 5.47. The van der Waals surface area contributed by atoms with E-state index in [-0.39, 0.29) is 18.1 Å². The highest BCUT2D eigenvalue weighted by Gasteiger charge is 2.30. The lowest BCUT2D eigenvalue weighted by atomic mass is 9.87. The number of allylic oxidation sites excluding steroid dienone is 1. The van der Waals surface area contributed by atoms with Crippen molar-refractivity contribution in [1.82, 2.24) is 5.32 Å². The van der Waals surface area contributed by atoms with E-state index in [0.29, 0.717) is 15.6 Å². The fourth-order valence-corrected chi connectivity index (χ4v) is 3.32. The van der Waals surface area contributed by atoms with Crippen LogP contribution in [0.25, 0.3) is 0 Å². The second-order valence-corrected chi connectivity index (χ2v) is 5.94. The van der Waals surface area contributed by atoms with Crippen LogP contribution in [-0.2, 0) is 14.3 Å². The smallest absolute Gasteiger partial charge is 0.316 e. The molecule has 114 valence electrons. The number of nitrogens with one attached hydrogen (secondary N) is 1. The highest BCUT2D eigenvalue weighted by molar-refractivity contribution is 8.03. The first-order valence-electron chi connectivity index (χ1n) is 6.45. The maximum Gasteiger partial charge on any atom is 0.316 e. The van der Waals surface area contributed by atoms with Gasteiger partial charge in [0.05, 0.1) is 29.5 Å². The molecule has 0 aliphatic carbocycles. The average Bonchev–Trinajstić information content (AvgIpc) is 2.52. The van der Waals surface area contributed by atoms with E-state index in [4.69, 9.17) is 11.6 Å². The number of ether oxygens (including phenoxy) is 1. The molecule has 0 bridgehead atoms. The molecule has 1 atom stereocenters. The van der Waals surface area contributed by atoms with Crippen molar-refractivity contribution in [3.05, 3.63) is 45.5 Å². The Labute approximate surface area is 137 Å². The quantitative estimate of drug-likeness (QED) is 0.855. The average molecular weight is 337 g/mol. The van der Waals surface area contributed by atoms with Gasteiger partial charge in [-0.1, -0.05) is 41.6 Å². The molecule has 1 aromatic carbocycles. The molecule has 1 aliphatic heterocycles. The van der Waals surface area contributed by atoms with E-state index in [1.165, 1.54) is 7.11 Å². The molecule has 0 spiro atoms. The number of thioether (sulfide) groups is 1. The SMILES string of the molecule is COC(=O)CSC1=C(C#N)C(c2ccccc2Cl)CC(=O)N1. The zero-order valence-corrected chi connectivity index (χ0v) is 13.3. The van der Waals surface area contributed by atoms with Gasteiger partial charge < -0.3 is 10.1 Å². The van der Waals surface area contributed by atoms with E-state index < -0.39 is 11.9 Å². The molecule has 1 heterocycles.